The number of hydrogen-bond acceptors (Lipinski definition) is 5. The van der Waals surface area contributed by atoms with Gasteiger partial charge in [0.1, 0.15) is 11.8 Å². The second-order valence-corrected chi connectivity index (χ2v) is 4.42. The Bertz CT molecular complexity index is 672. The van der Waals surface area contributed by atoms with Gasteiger partial charge in [-0.2, -0.15) is 0 Å². The molecule has 2 aromatic rings. The second kappa shape index (κ2) is 6.88. The monoisotopic (exact) mass is 287 g/mol. The summed E-state index contributed by atoms with van der Waals surface area (Å²) in [6.45, 7) is 7.10. The molecule has 2 heterocycles. The molecule has 2 aromatic heterocycles. The summed E-state index contributed by atoms with van der Waals surface area (Å²) in [4.78, 5) is 13.0. The maximum absolute atomic E-state index is 5.60. The molecule has 112 valence electrons. The third-order valence-corrected chi connectivity index (χ3v) is 3.01. The van der Waals surface area contributed by atoms with Gasteiger partial charge in [0, 0.05) is 19.8 Å². The van der Waals surface area contributed by atoms with E-state index < -0.39 is 0 Å². The lowest BCUT2D eigenvalue weighted by Crippen LogP contribution is -2.16. The molecule has 0 aliphatic heterocycles. The van der Waals surface area contributed by atoms with Crippen LogP contribution in [0.4, 0.5) is 5.82 Å². The number of rotatable bonds is 5. The quantitative estimate of drug-likeness (QED) is 0.678. The summed E-state index contributed by atoms with van der Waals surface area (Å²) < 4.78 is 7.59. The van der Waals surface area contributed by atoms with Gasteiger partial charge in [0.25, 0.3) is 0 Å². The lowest BCUT2D eigenvalue weighted by atomic mass is 10.3. The van der Waals surface area contributed by atoms with E-state index in [0.29, 0.717) is 19.0 Å². The minimum absolute atomic E-state index is 0.571. The molecule has 0 amide bonds. The van der Waals surface area contributed by atoms with E-state index in [9.17, 15) is 0 Å². The van der Waals surface area contributed by atoms with Crippen molar-refractivity contribution in [3.8, 4) is 0 Å². The van der Waals surface area contributed by atoms with Crippen molar-refractivity contribution in [2.45, 2.75) is 20.8 Å². The number of aliphatic imine (C=N–C) groups is 1. The molecular weight excluding hydrogens is 266 g/mol. The zero-order chi connectivity index (χ0) is 15.2. The van der Waals surface area contributed by atoms with Gasteiger partial charge in [-0.25, -0.2) is 9.97 Å². The summed E-state index contributed by atoms with van der Waals surface area (Å²) in [6, 6.07) is 1.96. The Kier molecular flexibility index (Phi) is 4.92. The summed E-state index contributed by atoms with van der Waals surface area (Å²) >= 11 is 0. The molecule has 21 heavy (non-hydrogen) atoms. The van der Waals surface area contributed by atoms with Gasteiger partial charge in [-0.15, -0.1) is 0 Å². The van der Waals surface area contributed by atoms with Crippen molar-refractivity contribution < 1.29 is 4.74 Å². The molecule has 0 aliphatic rings. The van der Waals surface area contributed by atoms with Crippen LogP contribution in [0.2, 0.25) is 0 Å². The van der Waals surface area contributed by atoms with Gasteiger partial charge >= 0.3 is 0 Å². The number of nitrogens with zero attached hydrogens (tertiary/aromatic N) is 4. The van der Waals surface area contributed by atoms with Gasteiger partial charge in [0.05, 0.1) is 17.8 Å². The number of nitrogens with one attached hydrogen (secondary N) is 1. The van der Waals surface area contributed by atoms with Gasteiger partial charge in [0.15, 0.2) is 5.82 Å². The number of allylic oxidation sites excluding steroid dienone is 1. The molecule has 0 aromatic carbocycles. The first kappa shape index (κ1) is 15.0. The van der Waals surface area contributed by atoms with Crippen molar-refractivity contribution in [3.05, 3.63) is 30.4 Å². The fraction of sp³-hybridized carbons (Fsp3) is 0.400. The number of anilines is 1. The molecule has 2 rings (SSSR count). The Balaban J connectivity index is 2.37. The SMILES string of the molecule is C/C=C(/Nc1ncnc2ccn(C)c12)C(=NCC)OCC. The van der Waals surface area contributed by atoms with E-state index in [1.165, 1.54) is 0 Å². The van der Waals surface area contributed by atoms with Gasteiger partial charge in [-0.3, -0.25) is 4.99 Å². The average Bonchev–Trinajstić information content (AvgIpc) is 2.87. The summed E-state index contributed by atoms with van der Waals surface area (Å²) in [6.07, 6.45) is 5.44. The standard InChI is InChI=1S/C15H21N5O/c1-5-11(15(16-6-2)21-7-3)19-14-13-12(17-10-18-14)8-9-20(13)4/h5,8-10H,6-7H2,1-4H3,(H,17,18,19)/b11-5+,16-15?. The van der Waals surface area contributed by atoms with Gasteiger partial charge in [-0.1, -0.05) is 6.08 Å². The fourth-order valence-electron chi connectivity index (χ4n) is 2.08. The van der Waals surface area contributed by atoms with E-state index in [2.05, 4.69) is 20.3 Å². The van der Waals surface area contributed by atoms with Crippen molar-refractivity contribution in [3.63, 3.8) is 0 Å². The molecule has 0 unspecified atom stereocenters. The molecule has 6 nitrogen and oxygen atoms in total. The first-order chi connectivity index (χ1) is 10.2. The third-order valence-electron chi connectivity index (χ3n) is 3.01. The molecule has 0 atom stereocenters. The first-order valence-electron chi connectivity index (χ1n) is 7.08. The fourth-order valence-corrected chi connectivity index (χ4v) is 2.08. The minimum atomic E-state index is 0.571. The Hall–Kier alpha value is -2.37. The Morgan fingerprint density at radius 3 is 2.90 bits per heavy atom. The topological polar surface area (TPSA) is 64.3 Å². The normalized spacial score (nSPS) is 12.8. The van der Waals surface area contributed by atoms with E-state index in [0.717, 1.165) is 22.5 Å². The first-order valence-corrected chi connectivity index (χ1v) is 7.08. The van der Waals surface area contributed by atoms with Gasteiger partial charge < -0.3 is 14.6 Å². The van der Waals surface area contributed by atoms with Crippen LogP contribution < -0.4 is 5.32 Å². The highest BCUT2D eigenvalue weighted by molar-refractivity contribution is 5.98. The molecule has 0 saturated heterocycles. The van der Waals surface area contributed by atoms with Crippen LogP contribution in [0, 0.1) is 0 Å². The van der Waals surface area contributed by atoms with E-state index in [4.69, 9.17) is 4.74 Å². The van der Waals surface area contributed by atoms with Gasteiger partial charge in [-0.05, 0) is 26.8 Å². The average molecular weight is 287 g/mol. The van der Waals surface area contributed by atoms with Crippen molar-refractivity contribution in [1.29, 1.82) is 0 Å². The molecular formula is C15H21N5O. The highest BCUT2D eigenvalue weighted by Gasteiger charge is 2.12. The van der Waals surface area contributed by atoms with E-state index in [1.54, 1.807) is 6.33 Å². The van der Waals surface area contributed by atoms with Crippen LogP contribution >= 0.6 is 0 Å². The second-order valence-electron chi connectivity index (χ2n) is 4.42. The summed E-state index contributed by atoms with van der Waals surface area (Å²) in [5.74, 6) is 1.34. The molecule has 0 spiro atoms. The minimum Gasteiger partial charge on any atom is -0.477 e. The Morgan fingerprint density at radius 1 is 1.43 bits per heavy atom. The number of aryl methyl sites for hydroxylation is 1. The maximum atomic E-state index is 5.60. The number of aromatic nitrogens is 3. The van der Waals surface area contributed by atoms with Crippen LogP contribution in [0.25, 0.3) is 11.0 Å². The summed E-state index contributed by atoms with van der Waals surface area (Å²) in [5.41, 5.74) is 2.65. The highest BCUT2D eigenvalue weighted by Crippen LogP contribution is 2.21. The van der Waals surface area contributed by atoms with Crippen molar-refractivity contribution >= 4 is 22.7 Å². The predicted molar refractivity (Wildman–Crippen MR) is 85.5 cm³/mol. The number of fused-ring (bicyclic) bond motifs is 1. The lowest BCUT2D eigenvalue weighted by Gasteiger charge is -2.14. The van der Waals surface area contributed by atoms with Crippen molar-refractivity contribution in [2.75, 3.05) is 18.5 Å². The molecule has 0 radical (unpaired) electrons. The Morgan fingerprint density at radius 2 is 2.24 bits per heavy atom. The predicted octanol–water partition coefficient (Wildman–Crippen LogP) is 2.74. The Labute approximate surface area is 124 Å². The zero-order valence-electron chi connectivity index (χ0n) is 12.9. The largest absolute Gasteiger partial charge is 0.477 e. The zero-order valence-corrected chi connectivity index (χ0v) is 12.9. The van der Waals surface area contributed by atoms with Crippen molar-refractivity contribution in [1.82, 2.24) is 14.5 Å². The van der Waals surface area contributed by atoms with Crippen LogP contribution in [0.15, 0.2) is 35.4 Å². The molecule has 0 fully saturated rings. The molecule has 0 aliphatic carbocycles. The van der Waals surface area contributed by atoms with E-state index in [-0.39, 0.29) is 0 Å². The van der Waals surface area contributed by atoms with Crippen LogP contribution in [0.5, 0.6) is 0 Å². The van der Waals surface area contributed by atoms with E-state index >= 15 is 0 Å². The maximum Gasteiger partial charge on any atom is 0.232 e. The highest BCUT2D eigenvalue weighted by atomic mass is 16.5. The van der Waals surface area contributed by atoms with Gasteiger partial charge in [0.2, 0.25) is 5.90 Å². The van der Waals surface area contributed by atoms with Crippen molar-refractivity contribution in [2.24, 2.45) is 12.0 Å². The van der Waals surface area contributed by atoms with Crippen LogP contribution in [-0.2, 0) is 11.8 Å². The van der Waals surface area contributed by atoms with Crippen LogP contribution in [-0.4, -0.2) is 33.6 Å². The lowest BCUT2D eigenvalue weighted by molar-refractivity contribution is 0.326. The summed E-state index contributed by atoms with van der Waals surface area (Å²) in [7, 11) is 1.97. The van der Waals surface area contributed by atoms with E-state index in [1.807, 2.05) is 50.7 Å². The molecule has 0 saturated carbocycles. The molecule has 0 bridgehead atoms. The third kappa shape index (κ3) is 3.21. The van der Waals surface area contributed by atoms with Crippen LogP contribution in [0.3, 0.4) is 0 Å². The van der Waals surface area contributed by atoms with Crippen LogP contribution in [0.1, 0.15) is 20.8 Å². The molecule has 1 N–H and O–H groups in total. The number of ether oxygens (including phenoxy) is 1. The summed E-state index contributed by atoms with van der Waals surface area (Å²) in [5, 5.41) is 3.30. The smallest absolute Gasteiger partial charge is 0.232 e. The number of hydrogen-bond donors (Lipinski definition) is 1. The molecule has 6 heteroatoms.